The molecule has 0 unspecified atom stereocenters. The van der Waals surface area contributed by atoms with Crippen LogP contribution in [0.1, 0.15) is 17.5 Å². The molecule has 0 spiro atoms. The quantitative estimate of drug-likeness (QED) is 0.643. The monoisotopic (exact) mass is 230 g/mol. The van der Waals surface area contributed by atoms with Gasteiger partial charge in [0.2, 0.25) is 0 Å². The molecule has 86 valence electrons. The number of hydrogen-bond donors (Lipinski definition) is 0. The summed E-state index contributed by atoms with van der Waals surface area (Å²) in [6.45, 7) is 10.9. The molecule has 0 aromatic heterocycles. The van der Waals surface area contributed by atoms with Crippen molar-refractivity contribution < 1.29 is 0 Å². The molecule has 0 atom stereocenters. The van der Waals surface area contributed by atoms with Gasteiger partial charge in [-0.05, 0) is 24.0 Å². The van der Waals surface area contributed by atoms with Gasteiger partial charge in [0.1, 0.15) is 0 Å². The van der Waals surface area contributed by atoms with Gasteiger partial charge in [0.15, 0.2) is 0 Å². The topological polar surface area (TPSA) is 0 Å². The molecule has 0 nitrogen and oxygen atoms in total. The van der Waals surface area contributed by atoms with Gasteiger partial charge < -0.3 is 0 Å². The lowest BCUT2D eigenvalue weighted by Gasteiger charge is -2.08. The highest BCUT2D eigenvalue weighted by molar-refractivity contribution is 6.80. The van der Waals surface area contributed by atoms with Crippen LogP contribution in [0.15, 0.2) is 42.6 Å². The molecule has 0 aliphatic carbocycles. The summed E-state index contributed by atoms with van der Waals surface area (Å²) < 4.78 is 0. The maximum atomic E-state index is 3.85. The minimum absolute atomic E-state index is 1.02. The van der Waals surface area contributed by atoms with E-state index in [0.717, 1.165) is 12.8 Å². The molecular weight excluding hydrogens is 208 g/mol. The summed E-state index contributed by atoms with van der Waals surface area (Å²) in [6, 6.07) is 8.49. The average molecular weight is 230 g/mol. The number of allylic oxidation sites excluding steroid dienone is 1. The zero-order valence-corrected chi connectivity index (χ0v) is 11.7. The van der Waals surface area contributed by atoms with Crippen molar-refractivity contribution in [1.82, 2.24) is 0 Å². The molecular formula is C15H22Si. The molecule has 0 heterocycles. The van der Waals surface area contributed by atoms with Gasteiger partial charge in [-0.1, -0.05) is 68.3 Å². The van der Waals surface area contributed by atoms with Crippen molar-refractivity contribution >= 4 is 14.1 Å². The van der Waals surface area contributed by atoms with E-state index in [1.54, 1.807) is 0 Å². The fourth-order valence-corrected chi connectivity index (χ4v) is 2.51. The van der Waals surface area contributed by atoms with Crippen LogP contribution < -0.4 is 0 Å². The minimum Gasteiger partial charge on any atom is -0.0989 e. The molecule has 1 aromatic carbocycles. The maximum absolute atomic E-state index is 3.85. The fourth-order valence-electron chi connectivity index (χ4n) is 1.64. The first-order valence-corrected chi connectivity index (χ1v) is 9.49. The maximum Gasteiger partial charge on any atom is 0.0682 e. The molecule has 0 radical (unpaired) electrons. The van der Waals surface area contributed by atoms with E-state index in [0.29, 0.717) is 0 Å². The van der Waals surface area contributed by atoms with Gasteiger partial charge >= 0.3 is 0 Å². The summed E-state index contributed by atoms with van der Waals surface area (Å²) in [4.78, 5) is 0. The standard InChI is InChI=1S/C15H22Si/c1-5-14-10-6-7-11-15(14)12-8-9-13-16(2,3)4/h5-7,9-11,13H,1,8,12H2,2-4H3/b13-9+. The molecule has 0 saturated heterocycles. The fraction of sp³-hybridized carbons (Fsp3) is 0.333. The van der Waals surface area contributed by atoms with Gasteiger partial charge in [0.25, 0.3) is 0 Å². The van der Waals surface area contributed by atoms with Gasteiger partial charge in [-0.2, -0.15) is 0 Å². The normalized spacial score (nSPS) is 11.9. The predicted molar refractivity (Wildman–Crippen MR) is 77.3 cm³/mol. The van der Waals surface area contributed by atoms with Crippen molar-refractivity contribution in [3.8, 4) is 0 Å². The molecule has 0 aliphatic rings. The molecule has 0 N–H and O–H groups in total. The number of hydrogen-bond acceptors (Lipinski definition) is 0. The third kappa shape index (κ3) is 4.62. The van der Waals surface area contributed by atoms with E-state index < -0.39 is 8.07 Å². The van der Waals surface area contributed by atoms with Crippen molar-refractivity contribution in [2.45, 2.75) is 32.5 Å². The molecule has 1 aromatic rings. The van der Waals surface area contributed by atoms with Crippen LogP contribution in [0.3, 0.4) is 0 Å². The van der Waals surface area contributed by atoms with Crippen molar-refractivity contribution in [1.29, 1.82) is 0 Å². The molecule has 1 heteroatoms. The summed E-state index contributed by atoms with van der Waals surface area (Å²) in [7, 11) is -1.02. The van der Waals surface area contributed by atoms with Crippen LogP contribution in [0.4, 0.5) is 0 Å². The Hall–Kier alpha value is -1.08. The van der Waals surface area contributed by atoms with Gasteiger partial charge in [-0.3, -0.25) is 0 Å². The number of rotatable bonds is 5. The van der Waals surface area contributed by atoms with Gasteiger partial charge in [0.05, 0.1) is 8.07 Å². The van der Waals surface area contributed by atoms with E-state index in [4.69, 9.17) is 0 Å². The smallest absolute Gasteiger partial charge is 0.0682 e. The Morgan fingerprint density at radius 3 is 2.50 bits per heavy atom. The van der Waals surface area contributed by atoms with E-state index in [1.165, 1.54) is 11.1 Å². The molecule has 0 aliphatic heterocycles. The van der Waals surface area contributed by atoms with E-state index >= 15 is 0 Å². The highest BCUT2D eigenvalue weighted by Gasteiger charge is 2.06. The number of aryl methyl sites for hydroxylation is 1. The van der Waals surface area contributed by atoms with Crippen LogP contribution in [0, 0.1) is 0 Å². The van der Waals surface area contributed by atoms with E-state index in [9.17, 15) is 0 Å². The molecule has 0 saturated carbocycles. The molecule has 0 amide bonds. The summed E-state index contributed by atoms with van der Waals surface area (Å²) in [5.74, 6) is 0. The van der Waals surface area contributed by atoms with Crippen LogP contribution in [-0.2, 0) is 6.42 Å². The van der Waals surface area contributed by atoms with Crippen molar-refractivity contribution in [2.24, 2.45) is 0 Å². The van der Waals surface area contributed by atoms with Crippen molar-refractivity contribution in [3.05, 3.63) is 53.7 Å². The van der Waals surface area contributed by atoms with Crippen LogP contribution in [-0.4, -0.2) is 8.07 Å². The lowest BCUT2D eigenvalue weighted by atomic mass is 10.0. The zero-order valence-electron chi connectivity index (χ0n) is 10.7. The Kier molecular flexibility index (Phi) is 4.75. The minimum atomic E-state index is -1.02. The molecule has 16 heavy (non-hydrogen) atoms. The second-order valence-corrected chi connectivity index (χ2v) is 10.3. The Morgan fingerprint density at radius 1 is 1.19 bits per heavy atom. The SMILES string of the molecule is C=Cc1ccccc1CC/C=C/[Si](C)(C)C. The van der Waals surface area contributed by atoms with Crippen LogP contribution in [0.25, 0.3) is 6.08 Å². The van der Waals surface area contributed by atoms with Crippen LogP contribution in [0.5, 0.6) is 0 Å². The van der Waals surface area contributed by atoms with E-state index in [-0.39, 0.29) is 0 Å². The third-order valence-corrected chi connectivity index (χ3v) is 3.71. The Balaban J connectivity index is 2.55. The lowest BCUT2D eigenvalue weighted by molar-refractivity contribution is 0.999. The Labute approximate surface area is 101 Å². The van der Waals surface area contributed by atoms with Crippen LogP contribution in [0.2, 0.25) is 19.6 Å². The molecule has 1 rings (SSSR count). The Morgan fingerprint density at radius 2 is 1.88 bits per heavy atom. The molecule has 0 fully saturated rings. The van der Waals surface area contributed by atoms with E-state index in [2.05, 4.69) is 62.3 Å². The van der Waals surface area contributed by atoms with Gasteiger partial charge in [-0.25, -0.2) is 0 Å². The predicted octanol–water partition coefficient (Wildman–Crippen LogP) is 4.70. The van der Waals surface area contributed by atoms with Gasteiger partial charge in [0, 0.05) is 0 Å². The van der Waals surface area contributed by atoms with Crippen molar-refractivity contribution in [2.75, 3.05) is 0 Å². The first-order valence-electron chi connectivity index (χ1n) is 5.91. The highest BCUT2D eigenvalue weighted by Crippen LogP contribution is 2.13. The third-order valence-electron chi connectivity index (χ3n) is 2.47. The lowest BCUT2D eigenvalue weighted by Crippen LogP contribution is -2.15. The summed E-state index contributed by atoms with van der Waals surface area (Å²) in [5.41, 5.74) is 5.09. The highest BCUT2D eigenvalue weighted by atomic mass is 28.3. The van der Waals surface area contributed by atoms with Gasteiger partial charge in [-0.15, -0.1) is 0 Å². The second-order valence-electron chi connectivity index (χ2n) is 5.21. The first kappa shape index (κ1) is 13.0. The first-order chi connectivity index (χ1) is 7.53. The Bertz CT molecular complexity index is 369. The average Bonchev–Trinajstić information content (AvgIpc) is 2.23. The molecule has 0 bridgehead atoms. The summed E-state index contributed by atoms with van der Waals surface area (Å²) in [6.07, 6.45) is 6.53. The largest absolute Gasteiger partial charge is 0.0989 e. The zero-order chi connectivity index (χ0) is 12.0. The second kappa shape index (κ2) is 5.85. The van der Waals surface area contributed by atoms with Crippen LogP contribution >= 0.6 is 0 Å². The summed E-state index contributed by atoms with van der Waals surface area (Å²) in [5, 5.41) is 0. The van der Waals surface area contributed by atoms with E-state index in [1.807, 2.05) is 6.08 Å². The summed E-state index contributed by atoms with van der Waals surface area (Å²) >= 11 is 0. The number of benzene rings is 1. The van der Waals surface area contributed by atoms with Crippen molar-refractivity contribution in [3.63, 3.8) is 0 Å².